The van der Waals surface area contributed by atoms with Gasteiger partial charge in [-0.3, -0.25) is 4.79 Å². The highest BCUT2D eigenvalue weighted by Crippen LogP contribution is 2.25. The fourth-order valence-electron chi connectivity index (χ4n) is 1.75. The highest BCUT2D eigenvalue weighted by Gasteiger charge is 2.10. The highest BCUT2D eigenvalue weighted by molar-refractivity contribution is 6.29. The van der Waals surface area contributed by atoms with Crippen LogP contribution < -0.4 is 9.64 Å². The number of carbonyl (C=O) groups is 1. The summed E-state index contributed by atoms with van der Waals surface area (Å²) in [6, 6.07) is 9.61. The molecule has 1 heterocycles. The number of nitrogens with zero attached hydrogens (tertiary/aromatic N) is 3. The maximum Gasteiger partial charge on any atom is 0.319 e. The van der Waals surface area contributed by atoms with Crippen LogP contribution >= 0.6 is 11.6 Å². The Morgan fingerprint density at radius 3 is 2.64 bits per heavy atom. The fraction of sp³-hybridized carbons (Fsp3) is 0.267. The third-order valence-electron chi connectivity index (χ3n) is 2.97. The number of aryl methyl sites for hydroxylation is 1. The first-order valence-electron chi connectivity index (χ1n) is 6.65. The van der Waals surface area contributed by atoms with E-state index in [1.54, 1.807) is 6.07 Å². The van der Waals surface area contributed by atoms with E-state index >= 15 is 0 Å². The van der Waals surface area contributed by atoms with E-state index in [1.165, 1.54) is 0 Å². The van der Waals surface area contributed by atoms with Gasteiger partial charge in [0, 0.05) is 18.8 Å². The van der Waals surface area contributed by atoms with Crippen molar-refractivity contribution in [1.82, 2.24) is 9.97 Å². The Bertz CT molecular complexity index is 662. The molecule has 0 atom stereocenters. The van der Waals surface area contributed by atoms with Crippen molar-refractivity contribution in [1.29, 1.82) is 0 Å². The Morgan fingerprint density at radius 1 is 1.32 bits per heavy atom. The summed E-state index contributed by atoms with van der Waals surface area (Å²) in [6.07, 6.45) is -0.126. The van der Waals surface area contributed by atoms with E-state index in [4.69, 9.17) is 21.4 Å². The molecule has 1 aromatic carbocycles. The largest absolute Gasteiger partial charge is 0.481 e. The van der Waals surface area contributed by atoms with Gasteiger partial charge in [-0.1, -0.05) is 29.3 Å². The van der Waals surface area contributed by atoms with Gasteiger partial charge in [0.2, 0.25) is 0 Å². The van der Waals surface area contributed by atoms with Gasteiger partial charge in [0.05, 0.1) is 6.42 Å². The fourth-order valence-corrected chi connectivity index (χ4v) is 1.92. The number of carboxylic acid groups (broad SMARTS) is 1. The Kier molecular flexibility index (Phi) is 5.16. The summed E-state index contributed by atoms with van der Waals surface area (Å²) in [5.41, 5.74) is 2.10. The molecule has 0 aliphatic heterocycles. The van der Waals surface area contributed by atoms with E-state index in [1.807, 2.05) is 43.1 Å². The quantitative estimate of drug-likeness (QED) is 0.824. The van der Waals surface area contributed by atoms with Crippen LogP contribution in [0, 0.1) is 6.92 Å². The zero-order valence-corrected chi connectivity index (χ0v) is 13.0. The maximum absolute atomic E-state index is 10.5. The van der Waals surface area contributed by atoms with Crippen LogP contribution in [0.4, 0.5) is 11.5 Å². The first kappa shape index (κ1) is 16.0. The van der Waals surface area contributed by atoms with Crippen LogP contribution in [0.2, 0.25) is 5.15 Å². The molecule has 0 amide bonds. The number of aromatic nitrogens is 2. The summed E-state index contributed by atoms with van der Waals surface area (Å²) in [5, 5.41) is 8.84. The van der Waals surface area contributed by atoms with E-state index in [-0.39, 0.29) is 24.2 Å². The lowest BCUT2D eigenvalue weighted by atomic mass is 10.2. The smallest absolute Gasteiger partial charge is 0.319 e. The van der Waals surface area contributed by atoms with Gasteiger partial charge in [0.1, 0.15) is 17.6 Å². The van der Waals surface area contributed by atoms with Crippen LogP contribution in [-0.4, -0.2) is 34.7 Å². The molecule has 6 nitrogen and oxygen atoms in total. The highest BCUT2D eigenvalue weighted by atomic mass is 35.5. The van der Waals surface area contributed by atoms with Crippen LogP contribution in [0.5, 0.6) is 6.01 Å². The van der Waals surface area contributed by atoms with E-state index in [2.05, 4.69) is 9.97 Å². The van der Waals surface area contributed by atoms with E-state index < -0.39 is 5.97 Å². The molecule has 0 unspecified atom stereocenters. The molecule has 0 bridgehead atoms. The molecule has 0 spiro atoms. The lowest BCUT2D eigenvalue weighted by Gasteiger charge is -2.19. The average molecular weight is 322 g/mol. The first-order valence-corrected chi connectivity index (χ1v) is 7.03. The van der Waals surface area contributed by atoms with Gasteiger partial charge in [-0.25, -0.2) is 0 Å². The predicted octanol–water partition coefficient (Wildman–Crippen LogP) is 3.06. The molecule has 0 aliphatic rings. The van der Waals surface area contributed by atoms with Crippen molar-refractivity contribution in [3.63, 3.8) is 0 Å². The van der Waals surface area contributed by atoms with Crippen LogP contribution in [0.15, 0.2) is 30.3 Å². The van der Waals surface area contributed by atoms with E-state index in [0.29, 0.717) is 5.82 Å². The molecule has 7 heteroatoms. The van der Waals surface area contributed by atoms with Gasteiger partial charge in [0.15, 0.2) is 0 Å². The molecular weight excluding hydrogens is 306 g/mol. The topological polar surface area (TPSA) is 75.6 Å². The monoisotopic (exact) mass is 321 g/mol. The molecule has 1 N–H and O–H groups in total. The third-order valence-corrected chi connectivity index (χ3v) is 3.17. The predicted molar refractivity (Wildman–Crippen MR) is 84.0 cm³/mol. The number of rotatable bonds is 6. The van der Waals surface area contributed by atoms with Crippen LogP contribution in [0.3, 0.4) is 0 Å². The van der Waals surface area contributed by atoms with Crippen LogP contribution in [0.25, 0.3) is 0 Å². The zero-order valence-electron chi connectivity index (χ0n) is 12.3. The molecule has 0 fully saturated rings. The number of aliphatic carboxylic acids is 1. The van der Waals surface area contributed by atoms with E-state index in [9.17, 15) is 4.79 Å². The molecule has 2 rings (SSSR count). The van der Waals surface area contributed by atoms with Gasteiger partial charge >= 0.3 is 12.0 Å². The minimum absolute atomic E-state index is 0.0106. The second-order valence-corrected chi connectivity index (χ2v) is 5.11. The first-order chi connectivity index (χ1) is 10.5. The summed E-state index contributed by atoms with van der Waals surface area (Å²) in [4.78, 5) is 20.5. The molecule has 22 heavy (non-hydrogen) atoms. The van der Waals surface area contributed by atoms with Crippen molar-refractivity contribution in [3.05, 3.63) is 41.0 Å². The minimum atomic E-state index is -0.945. The number of ether oxygens (including phenoxy) is 1. The summed E-state index contributed by atoms with van der Waals surface area (Å²) < 4.78 is 5.23. The van der Waals surface area contributed by atoms with Crippen molar-refractivity contribution in [3.8, 4) is 6.01 Å². The molecular formula is C15H16ClN3O3. The normalized spacial score (nSPS) is 10.3. The summed E-state index contributed by atoms with van der Waals surface area (Å²) >= 11 is 5.97. The summed E-state index contributed by atoms with van der Waals surface area (Å²) in [5.74, 6) is -0.381. The lowest BCUT2D eigenvalue weighted by Crippen LogP contribution is -2.13. The Hall–Kier alpha value is -2.34. The molecule has 2 aromatic rings. The summed E-state index contributed by atoms with van der Waals surface area (Å²) in [7, 11) is 1.85. The maximum atomic E-state index is 10.5. The van der Waals surface area contributed by atoms with Gasteiger partial charge in [0.25, 0.3) is 0 Å². The number of hydrogen-bond donors (Lipinski definition) is 1. The Morgan fingerprint density at radius 2 is 2.00 bits per heavy atom. The third kappa shape index (κ3) is 4.33. The summed E-state index contributed by atoms with van der Waals surface area (Å²) in [6.45, 7) is 2.00. The molecule has 0 saturated carbocycles. The number of anilines is 2. The van der Waals surface area contributed by atoms with Crippen LogP contribution in [0.1, 0.15) is 12.0 Å². The van der Waals surface area contributed by atoms with Gasteiger partial charge in [-0.05, 0) is 19.1 Å². The van der Waals surface area contributed by atoms with Crippen molar-refractivity contribution in [2.45, 2.75) is 13.3 Å². The standard InChI is InChI=1S/C15H16ClN3O3/c1-10-3-5-11(6-4-10)19(2)13-9-12(16)17-15(18-13)22-8-7-14(20)21/h3-6,9H,7-8H2,1-2H3,(H,20,21). The van der Waals surface area contributed by atoms with Crippen LogP contribution in [-0.2, 0) is 4.79 Å². The Labute approximate surface area is 133 Å². The van der Waals surface area contributed by atoms with Gasteiger partial charge in [-0.2, -0.15) is 9.97 Å². The molecule has 0 saturated heterocycles. The molecule has 1 aromatic heterocycles. The number of benzene rings is 1. The number of halogens is 1. The molecule has 116 valence electrons. The Balaban J connectivity index is 2.17. The molecule has 0 aliphatic carbocycles. The van der Waals surface area contributed by atoms with Crippen molar-refractivity contribution in [2.75, 3.05) is 18.6 Å². The van der Waals surface area contributed by atoms with Crippen molar-refractivity contribution >= 4 is 29.1 Å². The minimum Gasteiger partial charge on any atom is -0.481 e. The number of carboxylic acids is 1. The van der Waals surface area contributed by atoms with Gasteiger partial charge < -0.3 is 14.7 Å². The average Bonchev–Trinajstić information content (AvgIpc) is 2.46. The second kappa shape index (κ2) is 7.09. The number of hydrogen-bond acceptors (Lipinski definition) is 5. The second-order valence-electron chi connectivity index (χ2n) is 4.72. The van der Waals surface area contributed by atoms with Crippen molar-refractivity contribution in [2.24, 2.45) is 0 Å². The SMILES string of the molecule is Cc1ccc(N(C)c2cc(Cl)nc(OCCC(=O)O)n2)cc1. The lowest BCUT2D eigenvalue weighted by molar-refractivity contribution is -0.137. The molecule has 0 radical (unpaired) electrons. The van der Waals surface area contributed by atoms with Crippen molar-refractivity contribution < 1.29 is 14.6 Å². The van der Waals surface area contributed by atoms with E-state index in [0.717, 1.165) is 11.3 Å². The zero-order chi connectivity index (χ0) is 16.1. The van der Waals surface area contributed by atoms with Gasteiger partial charge in [-0.15, -0.1) is 0 Å².